The molecule has 5 nitrogen and oxygen atoms in total. The van der Waals surface area contributed by atoms with Gasteiger partial charge in [-0.05, 0) is 43.0 Å². The van der Waals surface area contributed by atoms with Gasteiger partial charge in [-0.2, -0.15) is 0 Å². The monoisotopic (exact) mass is 384 g/mol. The van der Waals surface area contributed by atoms with E-state index in [1.165, 1.54) is 28.6 Å². The first-order valence-electron chi connectivity index (χ1n) is 8.60. The number of carbonyl (C=O) groups is 1. The molecule has 0 amide bonds. The van der Waals surface area contributed by atoms with Crippen molar-refractivity contribution in [3.05, 3.63) is 40.5 Å². The Hall–Kier alpha value is -2.12. The van der Waals surface area contributed by atoms with Crippen LogP contribution in [0.15, 0.2) is 29.6 Å². The molecule has 0 bridgehead atoms. The zero-order valence-corrected chi connectivity index (χ0v) is 15.6. The van der Waals surface area contributed by atoms with Gasteiger partial charge in [0.25, 0.3) is 0 Å². The van der Waals surface area contributed by atoms with Gasteiger partial charge < -0.3 is 9.47 Å². The largest absolute Gasteiger partial charge is 0.486 e. The lowest BCUT2D eigenvalue weighted by Gasteiger charge is -2.18. The summed E-state index contributed by atoms with van der Waals surface area (Å²) in [6.45, 7) is 1.06. The molecule has 5 rings (SSSR count). The molecule has 0 N–H and O–H groups in total. The first-order chi connectivity index (χ1) is 12.8. The fourth-order valence-electron chi connectivity index (χ4n) is 3.44. The number of nitrogens with zero attached hydrogens (tertiary/aromatic N) is 2. The number of thioether (sulfide) groups is 1. The van der Waals surface area contributed by atoms with Crippen LogP contribution in [-0.4, -0.2) is 34.7 Å². The number of carbonyl (C=O) groups excluding carboxylic acids is 1. The molecule has 0 spiro atoms. The highest BCUT2D eigenvalue weighted by Gasteiger charge is 2.22. The molecule has 0 unspecified atom stereocenters. The van der Waals surface area contributed by atoms with E-state index in [9.17, 15) is 4.79 Å². The Morgan fingerprint density at radius 1 is 1.15 bits per heavy atom. The number of hydrogen-bond donors (Lipinski definition) is 0. The van der Waals surface area contributed by atoms with E-state index in [0.717, 1.165) is 28.1 Å². The molecular weight excluding hydrogens is 368 g/mol. The fraction of sp³-hybridized carbons (Fsp3) is 0.316. The maximum Gasteiger partial charge on any atom is 0.173 e. The van der Waals surface area contributed by atoms with Crippen LogP contribution in [0.4, 0.5) is 0 Å². The van der Waals surface area contributed by atoms with Crippen LogP contribution in [-0.2, 0) is 12.8 Å². The fourth-order valence-corrected chi connectivity index (χ4v) is 5.66. The van der Waals surface area contributed by atoms with Gasteiger partial charge in [0.15, 0.2) is 17.3 Å². The van der Waals surface area contributed by atoms with E-state index in [-0.39, 0.29) is 5.78 Å². The van der Waals surface area contributed by atoms with Crippen LogP contribution in [0.25, 0.3) is 10.2 Å². The van der Waals surface area contributed by atoms with Crippen molar-refractivity contribution in [2.24, 2.45) is 0 Å². The van der Waals surface area contributed by atoms with Gasteiger partial charge in [-0.3, -0.25) is 4.79 Å². The number of hydrogen-bond acceptors (Lipinski definition) is 7. The minimum atomic E-state index is 0.0608. The molecule has 0 saturated heterocycles. The highest BCUT2D eigenvalue weighted by Crippen LogP contribution is 2.40. The topological polar surface area (TPSA) is 61.3 Å². The number of aromatic nitrogens is 2. The Bertz CT molecular complexity index is 1020. The number of ether oxygens (including phenoxy) is 2. The van der Waals surface area contributed by atoms with E-state index in [4.69, 9.17) is 9.47 Å². The predicted molar refractivity (Wildman–Crippen MR) is 102 cm³/mol. The molecule has 0 fully saturated rings. The van der Waals surface area contributed by atoms with Gasteiger partial charge in [0.2, 0.25) is 0 Å². The second kappa shape index (κ2) is 6.55. The lowest BCUT2D eigenvalue weighted by molar-refractivity contribution is 0.102. The van der Waals surface area contributed by atoms with Crippen LogP contribution in [0.1, 0.15) is 27.2 Å². The zero-order chi connectivity index (χ0) is 17.5. The van der Waals surface area contributed by atoms with Gasteiger partial charge in [0, 0.05) is 15.8 Å². The van der Waals surface area contributed by atoms with Crippen molar-refractivity contribution in [2.45, 2.75) is 24.3 Å². The minimum absolute atomic E-state index is 0.0608. The smallest absolute Gasteiger partial charge is 0.173 e. The molecule has 3 aromatic rings. The van der Waals surface area contributed by atoms with Crippen molar-refractivity contribution < 1.29 is 14.3 Å². The normalized spacial score (nSPS) is 15.2. The van der Waals surface area contributed by atoms with Crippen molar-refractivity contribution >= 4 is 39.1 Å². The summed E-state index contributed by atoms with van der Waals surface area (Å²) in [4.78, 5) is 24.0. The van der Waals surface area contributed by atoms with E-state index in [1.54, 1.807) is 35.9 Å². The van der Waals surface area contributed by atoms with Crippen molar-refractivity contribution in [3.8, 4) is 11.5 Å². The summed E-state index contributed by atoms with van der Waals surface area (Å²) in [6.07, 6.45) is 5.03. The Kier molecular flexibility index (Phi) is 4.05. The van der Waals surface area contributed by atoms with Crippen LogP contribution >= 0.6 is 23.1 Å². The Labute approximate surface area is 158 Å². The highest BCUT2D eigenvalue weighted by atomic mass is 32.2. The Morgan fingerprint density at radius 2 is 2.04 bits per heavy atom. The van der Waals surface area contributed by atoms with E-state index in [0.29, 0.717) is 36.0 Å². The van der Waals surface area contributed by atoms with Crippen LogP contribution in [0.2, 0.25) is 0 Å². The molecule has 1 aliphatic heterocycles. The third-order valence-corrected chi connectivity index (χ3v) is 6.86. The molecule has 2 aromatic heterocycles. The highest BCUT2D eigenvalue weighted by molar-refractivity contribution is 8.00. The molecule has 0 atom stereocenters. The summed E-state index contributed by atoms with van der Waals surface area (Å²) in [5, 5.41) is 2.07. The summed E-state index contributed by atoms with van der Waals surface area (Å²) in [5.74, 6) is 1.75. The van der Waals surface area contributed by atoms with E-state index >= 15 is 0 Å². The molecule has 1 aliphatic carbocycles. The summed E-state index contributed by atoms with van der Waals surface area (Å²) in [5.41, 5.74) is 2.03. The maximum atomic E-state index is 12.7. The molecule has 2 aliphatic rings. The van der Waals surface area contributed by atoms with Gasteiger partial charge in [-0.25, -0.2) is 9.97 Å². The molecule has 0 saturated carbocycles. The van der Waals surface area contributed by atoms with Gasteiger partial charge >= 0.3 is 0 Å². The minimum Gasteiger partial charge on any atom is -0.486 e. The number of benzene rings is 1. The summed E-state index contributed by atoms with van der Waals surface area (Å²) in [6, 6.07) is 5.38. The predicted octanol–water partition coefficient (Wildman–Crippen LogP) is 3.93. The number of Topliss-reactive ketones (excluding diaryl/α,β-unsaturated/α-hetero) is 1. The number of fused-ring (bicyclic) bond motifs is 4. The SMILES string of the molecule is O=C(CSc1ncnc2sc3c(c12)CCC3)c1ccc2c(c1)OCCO2. The van der Waals surface area contributed by atoms with Crippen molar-refractivity contribution in [1.29, 1.82) is 0 Å². The second-order valence-electron chi connectivity index (χ2n) is 6.29. The molecule has 3 heterocycles. The number of rotatable bonds is 4. The quantitative estimate of drug-likeness (QED) is 0.386. The number of aryl methyl sites for hydroxylation is 2. The van der Waals surface area contributed by atoms with Gasteiger partial charge in [0.05, 0.1) is 5.75 Å². The van der Waals surface area contributed by atoms with E-state index < -0.39 is 0 Å². The number of ketones is 1. The van der Waals surface area contributed by atoms with Crippen LogP contribution in [0.3, 0.4) is 0 Å². The first kappa shape index (κ1) is 16.1. The Balaban J connectivity index is 1.38. The van der Waals surface area contributed by atoms with Crippen molar-refractivity contribution in [2.75, 3.05) is 19.0 Å². The molecule has 26 heavy (non-hydrogen) atoms. The van der Waals surface area contributed by atoms with Gasteiger partial charge in [-0.1, -0.05) is 11.8 Å². The molecular formula is C19H16N2O3S2. The zero-order valence-electron chi connectivity index (χ0n) is 14.0. The molecule has 132 valence electrons. The van der Waals surface area contributed by atoms with Gasteiger partial charge in [0.1, 0.15) is 29.4 Å². The number of thiophene rings is 1. The van der Waals surface area contributed by atoms with Crippen LogP contribution in [0.5, 0.6) is 11.5 Å². The summed E-state index contributed by atoms with van der Waals surface area (Å²) >= 11 is 3.26. The second-order valence-corrected chi connectivity index (χ2v) is 8.33. The van der Waals surface area contributed by atoms with Crippen LogP contribution < -0.4 is 9.47 Å². The van der Waals surface area contributed by atoms with Gasteiger partial charge in [-0.15, -0.1) is 11.3 Å². The lowest BCUT2D eigenvalue weighted by Crippen LogP contribution is -2.16. The standard InChI is InChI=1S/C19H16N2O3S2/c22-13(11-4-5-14-15(8-11)24-7-6-23-14)9-25-18-17-12-2-1-3-16(12)26-19(17)21-10-20-18/h4-5,8,10H,1-3,6-7,9H2. The van der Waals surface area contributed by atoms with Crippen molar-refractivity contribution in [1.82, 2.24) is 9.97 Å². The average Bonchev–Trinajstić information content (AvgIpc) is 3.26. The Morgan fingerprint density at radius 3 is 2.96 bits per heavy atom. The summed E-state index contributed by atoms with van der Waals surface area (Å²) in [7, 11) is 0. The third kappa shape index (κ3) is 2.75. The maximum absolute atomic E-state index is 12.7. The first-order valence-corrected chi connectivity index (χ1v) is 10.4. The van der Waals surface area contributed by atoms with E-state index in [2.05, 4.69) is 9.97 Å². The van der Waals surface area contributed by atoms with E-state index in [1.807, 2.05) is 0 Å². The third-order valence-electron chi connectivity index (χ3n) is 4.67. The summed E-state index contributed by atoms with van der Waals surface area (Å²) < 4.78 is 11.1. The lowest BCUT2D eigenvalue weighted by atomic mass is 10.1. The van der Waals surface area contributed by atoms with Crippen molar-refractivity contribution in [3.63, 3.8) is 0 Å². The van der Waals surface area contributed by atoms with Crippen LogP contribution in [0, 0.1) is 0 Å². The average molecular weight is 384 g/mol. The molecule has 1 aromatic carbocycles. The molecule has 0 radical (unpaired) electrons. The molecule has 7 heteroatoms.